The Morgan fingerprint density at radius 1 is 1.50 bits per heavy atom. The molecule has 6 nitrogen and oxygen atoms in total. The highest BCUT2D eigenvalue weighted by molar-refractivity contribution is 6.36. The minimum atomic E-state index is -1.13. The van der Waals surface area contributed by atoms with Gasteiger partial charge in [-0.15, -0.1) is 0 Å². The molecule has 0 aromatic rings. The quantitative estimate of drug-likeness (QED) is 0.775. The molecule has 0 bridgehead atoms. The summed E-state index contributed by atoms with van der Waals surface area (Å²) < 4.78 is 0. The first-order valence-corrected chi connectivity index (χ1v) is 6.31. The molecule has 1 aliphatic carbocycles. The van der Waals surface area contributed by atoms with E-state index in [1.54, 1.807) is 0 Å². The van der Waals surface area contributed by atoms with Gasteiger partial charge in [0.15, 0.2) is 5.71 Å². The molecule has 100 valence electrons. The summed E-state index contributed by atoms with van der Waals surface area (Å²) in [5.41, 5.74) is -0.0932. The Morgan fingerprint density at radius 3 is 2.83 bits per heavy atom. The number of rotatable bonds is 4. The standard InChI is InChI=1S/C12H18N2O4/c1-7-3-2-4-8(7)6-13-11(15)10-5-9(12(16)17)14-18-10/h7-8,10H,2-6H2,1H3,(H,13,15)(H,16,17). The first-order valence-electron chi connectivity index (χ1n) is 6.31. The SMILES string of the molecule is CC1CCCC1CNC(=O)C1CC(C(=O)O)=NO1. The second kappa shape index (κ2) is 5.37. The van der Waals surface area contributed by atoms with Crippen LogP contribution in [0.1, 0.15) is 32.6 Å². The maximum Gasteiger partial charge on any atom is 0.353 e. The van der Waals surface area contributed by atoms with Gasteiger partial charge in [0.25, 0.3) is 5.91 Å². The van der Waals surface area contributed by atoms with Gasteiger partial charge in [0.05, 0.1) is 0 Å². The number of carboxylic acids is 1. The van der Waals surface area contributed by atoms with Crippen LogP contribution in [0.5, 0.6) is 0 Å². The number of nitrogens with zero attached hydrogens (tertiary/aromatic N) is 1. The fourth-order valence-electron chi connectivity index (χ4n) is 2.52. The number of oxime groups is 1. The van der Waals surface area contributed by atoms with Crippen molar-refractivity contribution in [3.63, 3.8) is 0 Å². The number of carboxylic acid groups (broad SMARTS) is 1. The largest absolute Gasteiger partial charge is 0.477 e. The van der Waals surface area contributed by atoms with Gasteiger partial charge in [-0.05, 0) is 18.3 Å². The molecule has 1 aliphatic heterocycles. The molecule has 2 aliphatic rings. The van der Waals surface area contributed by atoms with E-state index in [-0.39, 0.29) is 18.0 Å². The smallest absolute Gasteiger partial charge is 0.353 e. The lowest BCUT2D eigenvalue weighted by Crippen LogP contribution is -2.38. The fourth-order valence-corrected chi connectivity index (χ4v) is 2.52. The molecule has 2 rings (SSSR count). The highest BCUT2D eigenvalue weighted by Gasteiger charge is 2.32. The van der Waals surface area contributed by atoms with Crippen molar-refractivity contribution < 1.29 is 19.5 Å². The van der Waals surface area contributed by atoms with Crippen LogP contribution in [0.25, 0.3) is 0 Å². The third kappa shape index (κ3) is 2.80. The van der Waals surface area contributed by atoms with Gasteiger partial charge in [-0.1, -0.05) is 24.9 Å². The van der Waals surface area contributed by atoms with Gasteiger partial charge < -0.3 is 15.3 Å². The molecule has 0 radical (unpaired) electrons. The third-order valence-electron chi connectivity index (χ3n) is 3.79. The van der Waals surface area contributed by atoms with Crippen molar-refractivity contribution in [1.29, 1.82) is 0 Å². The average Bonchev–Trinajstić information content (AvgIpc) is 2.94. The van der Waals surface area contributed by atoms with Gasteiger partial charge >= 0.3 is 5.97 Å². The Hall–Kier alpha value is -1.59. The van der Waals surface area contributed by atoms with Crippen molar-refractivity contribution in [3.8, 4) is 0 Å². The molecule has 0 spiro atoms. The van der Waals surface area contributed by atoms with Gasteiger partial charge in [-0.25, -0.2) is 4.79 Å². The van der Waals surface area contributed by atoms with Gasteiger partial charge in [-0.3, -0.25) is 4.79 Å². The Morgan fingerprint density at radius 2 is 2.28 bits per heavy atom. The predicted molar refractivity (Wildman–Crippen MR) is 64.1 cm³/mol. The number of carbonyl (C=O) groups excluding carboxylic acids is 1. The molecule has 3 unspecified atom stereocenters. The topological polar surface area (TPSA) is 88.0 Å². The number of nitrogens with one attached hydrogen (secondary N) is 1. The number of carbonyl (C=O) groups is 2. The molecular weight excluding hydrogens is 236 g/mol. The van der Waals surface area contributed by atoms with Gasteiger partial charge in [-0.2, -0.15) is 0 Å². The minimum Gasteiger partial charge on any atom is -0.477 e. The normalized spacial score (nSPS) is 30.7. The van der Waals surface area contributed by atoms with Gasteiger partial charge in [0.2, 0.25) is 6.10 Å². The van der Waals surface area contributed by atoms with E-state index in [1.165, 1.54) is 12.8 Å². The highest BCUT2D eigenvalue weighted by Crippen LogP contribution is 2.30. The third-order valence-corrected chi connectivity index (χ3v) is 3.79. The van der Waals surface area contributed by atoms with E-state index in [9.17, 15) is 9.59 Å². The molecule has 2 N–H and O–H groups in total. The van der Waals surface area contributed by atoms with Crippen LogP contribution in [0.4, 0.5) is 0 Å². The zero-order valence-corrected chi connectivity index (χ0v) is 10.4. The number of amides is 1. The van der Waals surface area contributed by atoms with Gasteiger partial charge in [0, 0.05) is 13.0 Å². The van der Waals surface area contributed by atoms with Crippen molar-refractivity contribution >= 4 is 17.6 Å². The maximum atomic E-state index is 11.8. The molecule has 1 heterocycles. The molecule has 1 fully saturated rings. The summed E-state index contributed by atoms with van der Waals surface area (Å²) in [6.07, 6.45) is 2.83. The fraction of sp³-hybridized carbons (Fsp3) is 0.750. The number of aliphatic carboxylic acids is 1. The summed E-state index contributed by atoms with van der Waals surface area (Å²) in [4.78, 5) is 27.2. The van der Waals surface area contributed by atoms with Crippen molar-refractivity contribution in [2.75, 3.05) is 6.54 Å². The average molecular weight is 254 g/mol. The zero-order valence-electron chi connectivity index (χ0n) is 10.4. The second-order valence-corrected chi connectivity index (χ2v) is 5.05. The van der Waals surface area contributed by atoms with Crippen molar-refractivity contribution in [2.24, 2.45) is 17.0 Å². The van der Waals surface area contributed by atoms with E-state index in [1.807, 2.05) is 0 Å². The van der Waals surface area contributed by atoms with Crippen LogP contribution >= 0.6 is 0 Å². The lowest BCUT2D eigenvalue weighted by atomic mass is 9.98. The molecule has 0 aromatic carbocycles. The van der Waals surface area contributed by atoms with E-state index >= 15 is 0 Å². The lowest BCUT2D eigenvalue weighted by Gasteiger charge is -2.17. The van der Waals surface area contributed by atoms with Crippen LogP contribution < -0.4 is 5.32 Å². The summed E-state index contributed by atoms with van der Waals surface area (Å²) in [5.74, 6) is -0.236. The van der Waals surface area contributed by atoms with Crippen LogP contribution in [0, 0.1) is 11.8 Å². The van der Waals surface area contributed by atoms with Crippen molar-refractivity contribution in [3.05, 3.63) is 0 Å². The van der Waals surface area contributed by atoms with Gasteiger partial charge in [0.1, 0.15) is 0 Å². The summed E-state index contributed by atoms with van der Waals surface area (Å²) in [5, 5.41) is 14.9. The molecule has 6 heteroatoms. The van der Waals surface area contributed by atoms with E-state index in [0.29, 0.717) is 18.4 Å². The van der Waals surface area contributed by atoms with Crippen LogP contribution in [-0.4, -0.2) is 35.3 Å². The minimum absolute atomic E-state index is 0.0430. The van der Waals surface area contributed by atoms with E-state index in [0.717, 1.165) is 6.42 Å². The van der Waals surface area contributed by atoms with E-state index < -0.39 is 12.1 Å². The second-order valence-electron chi connectivity index (χ2n) is 5.05. The Balaban J connectivity index is 1.75. The molecule has 1 saturated carbocycles. The highest BCUT2D eigenvalue weighted by atomic mass is 16.6. The molecule has 3 atom stereocenters. The Labute approximate surface area is 105 Å². The monoisotopic (exact) mass is 254 g/mol. The van der Waals surface area contributed by atoms with E-state index in [4.69, 9.17) is 9.94 Å². The first-order chi connectivity index (χ1) is 8.58. The summed E-state index contributed by atoms with van der Waals surface area (Å²) in [7, 11) is 0. The first kappa shape index (κ1) is 12.9. The van der Waals surface area contributed by atoms with Crippen LogP contribution in [-0.2, 0) is 14.4 Å². The molecular formula is C12H18N2O4. The maximum absolute atomic E-state index is 11.8. The molecule has 18 heavy (non-hydrogen) atoms. The van der Waals surface area contributed by atoms with E-state index in [2.05, 4.69) is 17.4 Å². The van der Waals surface area contributed by atoms with Crippen molar-refractivity contribution in [1.82, 2.24) is 5.32 Å². The predicted octanol–water partition coefficient (Wildman–Crippen LogP) is 0.768. The van der Waals surface area contributed by atoms with Crippen molar-refractivity contribution in [2.45, 2.75) is 38.7 Å². The number of hydrogen-bond acceptors (Lipinski definition) is 4. The van der Waals surface area contributed by atoms with Crippen LogP contribution in [0.3, 0.4) is 0 Å². The molecule has 0 saturated heterocycles. The van der Waals surface area contributed by atoms with Crippen LogP contribution in [0.2, 0.25) is 0 Å². The summed E-state index contributed by atoms with van der Waals surface area (Å²) in [6, 6.07) is 0. The molecule has 0 aromatic heterocycles. The van der Waals surface area contributed by atoms with Crippen LogP contribution in [0.15, 0.2) is 5.16 Å². The lowest BCUT2D eigenvalue weighted by molar-refractivity contribution is -0.131. The Kier molecular flexibility index (Phi) is 3.84. The molecule has 1 amide bonds. The zero-order chi connectivity index (χ0) is 13.1. The number of hydrogen-bond donors (Lipinski definition) is 2. The Bertz CT molecular complexity index is 380. The summed E-state index contributed by atoms with van der Waals surface area (Å²) in [6.45, 7) is 2.84. The summed E-state index contributed by atoms with van der Waals surface area (Å²) >= 11 is 0.